The molecule has 0 saturated heterocycles. The topological polar surface area (TPSA) is 111 Å². The van der Waals surface area contributed by atoms with E-state index >= 15 is 0 Å². The van der Waals surface area contributed by atoms with Crippen molar-refractivity contribution >= 4 is 27.9 Å². The molecule has 0 atom stereocenters. The number of sulfonamides is 1. The Kier molecular flexibility index (Phi) is 9.19. The number of rotatable bonds is 12. The minimum atomic E-state index is -4.06. The van der Waals surface area contributed by atoms with Crippen LogP contribution in [0.25, 0.3) is 12.2 Å². The van der Waals surface area contributed by atoms with Gasteiger partial charge in [0.2, 0.25) is 11.5 Å². The van der Waals surface area contributed by atoms with Crippen LogP contribution in [0.15, 0.2) is 47.4 Å². The second kappa shape index (κ2) is 12.3. The summed E-state index contributed by atoms with van der Waals surface area (Å²) in [4.78, 5) is -0.0765. The van der Waals surface area contributed by atoms with Gasteiger partial charge in [-0.1, -0.05) is 18.2 Å². The van der Waals surface area contributed by atoms with Gasteiger partial charge in [-0.25, -0.2) is 8.42 Å². The number of benzene rings is 3. The van der Waals surface area contributed by atoms with Crippen molar-refractivity contribution in [1.29, 1.82) is 0 Å². The number of hydrogen-bond acceptors (Lipinski definition) is 9. The summed E-state index contributed by atoms with van der Waals surface area (Å²) in [7, 11) is 6.27. The number of nitrogens with one attached hydrogen (secondary N) is 1. The zero-order chi connectivity index (χ0) is 27.9. The van der Waals surface area contributed by atoms with Crippen molar-refractivity contribution in [3.05, 3.63) is 53.6 Å². The van der Waals surface area contributed by atoms with Crippen LogP contribution in [0.1, 0.15) is 11.1 Å². The van der Waals surface area contributed by atoms with E-state index in [9.17, 15) is 8.42 Å². The Morgan fingerprint density at radius 3 is 1.45 bits per heavy atom. The maximum absolute atomic E-state index is 13.3. The molecule has 0 radical (unpaired) electrons. The van der Waals surface area contributed by atoms with Gasteiger partial charge in [-0.2, -0.15) is 0 Å². The monoisotopic (exact) mass is 545 g/mol. The quantitative estimate of drug-likeness (QED) is 0.323. The van der Waals surface area contributed by atoms with E-state index in [2.05, 4.69) is 4.72 Å². The second-order valence-electron chi connectivity index (χ2n) is 7.72. The molecule has 0 fully saturated rings. The molecule has 0 aromatic heterocycles. The summed E-state index contributed by atoms with van der Waals surface area (Å²) in [5.41, 5.74) is 1.74. The van der Waals surface area contributed by atoms with Crippen molar-refractivity contribution in [2.75, 3.05) is 54.5 Å². The van der Waals surface area contributed by atoms with Crippen molar-refractivity contribution in [3.8, 4) is 40.2 Å². The van der Waals surface area contributed by atoms with Gasteiger partial charge in [0.25, 0.3) is 10.0 Å². The predicted molar refractivity (Wildman–Crippen MR) is 145 cm³/mol. The SMILES string of the molecule is COc1ccc(C=Cc2cc(OC)c(OC)c(OC)c2)cc1NS(=O)(=O)c1cc(OC)c(OC)c(OC)c1. The minimum absolute atomic E-state index is 0.0765. The first-order chi connectivity index (χ1) is 18.2. The molecule has 0 aliphatic carbocycles. The first kappa shape index (κ1) is 28.3. The zero-order valence-corrected chi connectivity index (χ0v) is 23.1. The molecule has 3 rings (SSSR count). The summed E-state index contributed by atoms with van der Waals surface area (Å²) in [6, 6.07) is 11.4. The van der Waals surface area contributed by atoms with Crippen molar-refractivity contribution in [2.45, 2.75) is 4.90 Å². The van der Waals surface area contributed by atoms with Crippen molar-refractivity contribution in [2.24, 2.45) is 0 Å². The molecule has 10 nitrogen and oxygen atoms in total. The van der Waals surface area contributed by atoms with Gasteiger partial charge < -0.3 is 33.2 Å². The standard InChI is InChI=1S/C27H31NO9S/c1-31-21-11-10-17(8-9-18-13-22(32-2)26(36-6)23(14-18)33-3)12-20(21)28-38(29,30)19-15-24(34-4)27(37-7)25(16-19)35-5/h8-16,28H,1-7H3. The Morgan fingerprint density at radius 1 is 0.553 bits per heavy atom. The molecular weight excluding hydrogens is 514 g/mol. The van der Waals surface area contributed by atoms with E-state index in [0.717, 1.165) is 5.56 Å². The van der Waals surface area contributed by atoms with E-state index in [0.29, 0.717) is 28.6 Å². The first-order valence-corrected chi connectivity index (χ1v) is 12.7. The Labute approximate surface area is 222 Å². The Morgan fingerprint density at radius 2 is 1.00 bits per heavy atom. The van der Waals surface area contributed by atoms with Gasteiger partial charge in [0.15, 0.2) is 23.0 Å². The summed E-state index contributed by atoms with van der Waals surface area (Å²) in [5.74, 6) is 2.55. The van der Waals surface area contributed by atoms with Crippen molar-refractivity contribution in [1.82, 2.24) is 0 Å². The normalized spacial score (nSPS) is 11.1. The predicted octanol–water partition coefficient (Wildman–Crippen LogP) is 4.72. The van der Waals surface area contributed by atoms with E-state index in [4.69, 9.17) is 33.2 Å². The molecule has 0 spiro atoms. The summed E-state index contributed by atoms with van der Waals surface area (Å²) < 4.78 is 66.7. The highest BCUT2D eigenvalue weighted by Crippen LogP contribution is 2.41. The summed E-state index contributed by atoms with van der Waals surface area (Å²) >= 11 is 0. The van der Waals surface area contributed by atoms with E-state index in [-0.39, 0.29) is 27.8 Å². The second-order valence-corrected chi connectivity index (χ2v) is 9.40. The Bertz CT molecular complexity index is 1370. The lowest BCUT2D eigenvalue weighted by molar-refractivity contribution is 0.323. The van der Waals surface area contributed by atoms with Gasteiger partial charge in [0.05, 0.1) is 60.4 Å². The van der Waals surface area contributed by atoms with Crippen LogP contribution in [0, 0.1) is 0 Å². The average molecular weight is 546 g/mol. The van der Waals surface area contributed by atoms with Crippen LogP contribution >= 0.6 is 0 Å². The van der Waals surface area contributed by atoms with Crippen LogP contribution in [0.2, 0.25) is 0 Å². The van der Waals surface area contributed by atoms with Crippen LogP contribution in [0.3, 0.4) is 0 Å². The molecule has 3 aromatic rings. The third-order valence-corrected chi connectivity index (χ3v) is 6.92. The third-order valence-electron chi connectivity index (χ3n) is 5.57. The Hall–Kier alpha value is -4.25. The highest BCUT2D eigenvalue weighted by Gasteiger charge is 2.23. The summed E-state index contributed by atoms with van der Waals surface area (Å²) in [6.07, 6.45) is 3.65. The minimum Gasteiger partial charge on any atom is -0.495 e. The summed E-state index contributed by atoms with van der Waals surface area (Å²) in [5, 5.41) is 0. The lowest BCUT2D eigenvalue weighted by atomic mass is 10.1. The molecule has 0 aliphatic heterocycles. The largest absolute Gasteiger partial charge is 0.495 e. The van der Waals surface area contributed by atoms with Crippen LogP contribution in [-0.2, 0) is 10.0 Å². The molecule has 0 aliphatic rings. The number of methoxy groups -OCH3 is 7. The van der Waals surface area contributed by atoms with Crippen LogP contribution in [0.5, 0.6) is 40.2 Å². The van der Waals surface area contributed by atoms with Gasteiger partial charge >= 0.3 is 0 Å². The number of anilines is 1. The molecular formula is C27H31NO9S. The molecule has 0 bridgehead atoms. The smallest absolute Gasteiger partial charge is 0.262 e. The average Bonchev–Trinajstić information content (AvgIpc) is 2.94. The molecule has 204 valence electrons. The van der Waals surface area contributed by atoms with Gasteiger partial charge in [0, 0.05) is 12.1 Å². The number of ether oxygens (including phenoxy) is 7. The fraction of sp³-hybridized carbons (Fsp3) is 0.259. The molecule has 0 saturated carbocycles. The van der Waals surface area contributed by atoms with Crippen LogP contribution < -0.4 is 37.9 Å². The molecule has 0 heterocycles. The van der Waals surface area contributed by atoms with E-state index in [1.807, 2.05) is 12.2 Å². The molecule has 1 N–H and O–H groups in total. The molecule has 38 heavy (non-hydrogen) atoms. The molecule has 0 amide bonds. The first-order valence-electron chi connectivity index (χ1n) is 11.2. The summed E-state index contributed by atoms with van der Waals surface area (Å²) in [6.45, 7) is 0. The third kappa shape index (κ3) is 6.00. The van der Waals surface area contributed by atoms with Crippen molar-refractivity contribution < 1.29 is 41.6 Å². The van der Waals surface area contributed by atoms with Crippen molar-refractivity contribution in [3.63, 3.8) is 0 Å². The highest BCUT2D eigenvalue weighted by molar-refractivity contribution is 7.92. The van der Waals surface area contributed by atoms with E-state index in [1.54, 1.807) is 44.6 Å². The maximum Gasteiger partial charge on any atom is 0.262 e. The Balaban J connectivity index is 1.98. The lowest BCUT2D eigenvalue weighted by Crippen LogP contribution is -2.14. The molecule has 3 aromatic carbocycles. The van der Waals surface area contributed by atoms with Gasteiger partial charge in [-0.3, -0.25) is 4.72 Å². The van der Waals surface area contributed by atoms with Gasteiger partial charge in [0.1, 0.15) is 5.75 Å². The van der Waals surface area contributed by atoms with E-state index in [1.165, 1.54) is 47.7 Å². The fourth-order valence-corrected chi connectivity index (χ4v) is 4.81. The van der Waals surface area contributed by atoms with E-state index < -0.39 is 10.0 Å². The zero-order valence-electron chi connectivity index (χ0n) is 22.3. The highest BCUT2D eigenvalue weighted by atomic mass is 32.2. The number of hydrogen-bond donors (Lipinski definition) is 1. The molecule has 11 heteroatoms. The van der Waals surface area contributed by atoms with Gasteiger partial charge in [-0.15, -0.1) is 0 Å². The molecule has 0 unspecified atom stereocenters. The fourth-order valence-electron chi connectivity index (χ4n) is 3.71. The van der Waals surface area contributed by atoms with Crippen LogP contribution in [-0.4, -0.2) is 58.2 Å². The van der Waals surface area contributed by atoms with Crippen LogP contribution in [0.4, 0.5) is 5.69 Å². The van der Waals surface area contributed by atoms with Gasteiger partial charge in [-0.05, 0) is 35.4 Å². The lowest BCUT2D eigenvalue weighted by Gasteiger charge is -2.16. The maximum atomic E-state index is 13.3.